The third-order valence-electron chi connectivity index (χ3n) is 3.56. The number of halogens is 1. The molecule has 2 aromatic carbocycles. The molecule has 26 heavy (non-hydrogen) atoms. The van der Waals surface area contributed by atoms with Gasteiger partial charge in [0.1, 0.15) is 0 Å². The Morgan fingerprint density at radius 1 is 1.12 bits per heavy atom. The van der Waals surface area contributed by atoms with Crippen LogP contribution in [0.5, 0.6) is 0 Å². The van der Waals surface area contributed by atoms with E-state index < -0.39 is 16.1 Å². The lowest BCUT2D eigenvalue weighted by molar-refractivity contribution is 0.249. The van der Waals surface area contributed by atoms with Gasteiger partial charge < -0.3 is 10.6 Å². The lowest BCUT2D eigenvalue weighted by Gasteiger charge is -2.16. The first-order valence-electron chi connectivity index (χ1n) is 8.22. The third-order valence-corrected chi connectivity index (χ3v) is 5.29. The molecule has 0 aromatic heterocycles. The minimum atomic E-state index is -3.38. The summed E-state index contributed by atoms with van der Waals surface area (Å²) in [5, 5.41) is 6.11. The van der Waals surface area contributed by atoms with Gasteiger partial charge in [0.25, 0.3) is 0 Å². The molecule has 8 heteroatoms. The Labute approximate surface area is 159 Å². The molecule has 140 valence electrons. The van der Waals surface area contributed by atoms with Gasteiger partial charge >= 0.3 is 6.03 Å². The van der Waals surface area contributed by atoms with E-state index in [2.05, 4.69) is 15.4 Å². The average Bonchev–Trinajstić information content (AvgIpc) is 2.54. The highest BCUT2D eigenvalue weighted by Gasteiger charge is 2.12. The zero-order chi connectivity index (χ0) is 19.2. The standard InChI is InChI=1S/C18H22ClN3O3S/c1-3-10-26(24,25)22-17-9-5-8-16(12-17)21-18(23)20-13(2)14-6-4-7-15(19)11-14/h4-9,11-13,22H,3,10H2,1-2H3,(H2,20,21,23). The molecule has 6 nitrogen and oxygen atoms in total. The quantitative estimate of drug-likeness (QED) is 0.650. The van der Waals surface area contributed by atoms with Crippen molar-refractivity contribution in [1.82, 2.24) is 5.32 Å². The molecule has 3 N–H and O–H groups in total. The topological polar surface area (TPSA) is 87.3 Å². The Morgan fingerprint density at radius 3 is 2.50 bits per heavy atom. The van der Waals surface area contributed by atoms with Gasteiger partial charge in [-0.2, -0.15) is 0 Å². The van der Waals surface area contributed by atoms with Crippen molar-refractivity contribution in [1.29, 1.82) is 0 Å². The van der Waals surface area contributed by atoms with Crippen molar-refractivity contribution in [2.24, 2.45) is 0 Å². The van der Waals surface area contributed by atoms with Crippen LogP contribution in [-0.4, -0.2) is 20.2 Å². The lowest BCUT2D eigenvalue weighted by Crippen LogP contribution is -2.31. The fourth-order valence-corrected chi connectivity index (χ4v) is 3.71. The molecule has 0 saturated heterocycles. The monoisotopic (exact) mass is 395 g/mol. The molecule has 0 fully saturated rings. The van der Waals surface area contributed by atoms with Gasteiger partial charge in [0.05, 0.1) is 17.5 Å². The summed E-state index contributed by atoms with van der Waals surface area (Å²) in [5.74, 6) is 0.0439. The Morgan fingerprint density at radius 2 is 1.81 bits per heavy atom. The Kier molecular flexibility index (Phi) is 6.88. The SMILES string of the molecule is CCCS(=O)(=O)Nc1cccc(NC(=O)NC(C)c2cccc(Cl)c2)c1. The van der Waals surface area contributed by atoms with Crippen molar-refractivity contribution in [2.75, 3.05) is 15.8 Å². The summed E-state index contributed by atoms with van der Waals surface area (Å²) in [6, 6.07) is 13.2. The van der Waals surface area contributed by atoms with E-state index in [1.807, 2.05) is 19.1 Å². The molecule has 0 aliphatic heterocycles. The van der Waals surface area contributed by atoms with Gasteiger partial charge in [0.15, 0.2) is 0 Å². The van der Waals surface area contributed by atoms with Gasteiger partial charge in [-0.3, -0.25) is 4.72 Å². The molecule has 2 amide bonds. The zero-order valence-corrected chi connectivity index (χ0v) is 16.2. The van der Waals surface area contributed by atoms with Crippen molar-refractivity contribution >= 4 is 39.0 Å². The Hall–Kier alpha value is -2.25. The first-order chi connectivity index (χ1) is 12.3. The van der Waals surface area contributed by atoms with Gasteiger partial charge in [-0.25, -0.2) is 13.2 Å². The highest BCUT2D eigenvalue weighted by molar-refractivity contribution is 7.92. The molecule has 0 heterocycles. The first kappa shape index (κ1) is 20.1. The molecule has 0 bridgehead atoms. The summed E-state index contributed by atoms with van der Waals surface area (Å²) in [7, 11) is -3.38. The van der Waals surface area contributed by atoms with Crippen LogP contribution in [0.4, 0.5) is 16.2 Å². The highest BCUT2D eigenvalue weighted by atomic mass is 35.5. The fourth-order valence-electron chi connectivity index (χ4n) is 2.38. The largest absolute Gasteiger partial charge is 0.331 e. The second-order valence-corrected chi connectivity index (χ2v) is 8.16. The number of carbonyl (C=O) groups excluding carboxylic acids is 1. The molecular formula is C18H22ClN3O3S. The number of carbonyl (C=O) groups is 1. The second kappa shape index (κ2) is 8.91. The van der Waals surface area contributed by atoms with Crippen LogP contribution in [0.2, 0.25) is 5.02 Å². The molecule has 0 radical (unpaired) electrons. The molecule has 0 spiro atoms. The van der Waals surface area contributed by atoms with Crippen molar-refractivity contribution in [3.63, 3.8) is 0 Å². The Balaban J connectivity index is 1.99. The van der Waals surface area contributed by atoms with E-state index in [1.54, 1.807) is 43.3 Å². The van der Waals surface area contributed by atoms with Crippen LogP contribution >= 0.6 is 11.6 Å². The van der Waals surface area contributed by atoms with Crippen LogP contribution in [0.25, 0.3) is 0 Å². The summed E-state index contributed by atoms with van der Waals surface area (Å²) >= 11 is 5.96. The maximum atomic E-state index is 12.2. The van der Waals surface area contributed by atoms with Gasteiger partial charge in [-0.1, -0.05) is 36.7 Å². The Bertz CT molecular complexity index is 871. The number of amides is 2. The normalized spacial score (nSPS) is 12.3. The first-order valence-corrected chi connectivity index (χ1v) is 10.3. The molecule has 2 rings (SSSR count). The molecule has 0 saturated carbocycles. The van der Waals surface area contributed by atoms with E-state index in [4.69, 9.17) is 11.6 Å². The molecule has 0 aliphatic carbocycles. The van der Waals surface area contributed by atoms with Crippen LogP contribution in [-0.2, 0) is 10.0 Å². The van der Waals surface area contributed by atoms with Crippen LogP contribution < -0.4 is 15.4 Å². The van der Waals surface area contributed by atoms with E-state index in [0.717, 1.165) is 5.56 Å². The van der Waals surface area contributed by atoms with Gasteiger partial charge in [-0.15, -0.1) is 0 Å². The predicted octanol–water partition coefficient (Wildman–Crippen LogP) is 4.37. The number of benzene rings is 2. The lowest BCUT2D eigenvalue weighted by atomic mass is 10.1. The summed E-state index contributed by atoms with van der Waals surface area (Å²) in [6.07, 6.45) is 0.525. The number of sulfonamides is 1. The van der Waals surface area contributed by atoms with Crippen LogP contribution in [0.15, 0.2) is 48.5 Å². The molecule has 0 aliphatic rings. The molecular weight excluding hydrogens is 374 g/mol. The van der Waals surface area contributed by atoms with Crippen molar-refractivity contribution < 1.29 is 13.2 Å². The highest BCUT2D eigenvalue weighted by Crippen LogP contribution is 2.19. The second-order valence-electron chi connectivity index (χ2n) is 5.88. The minimum absolute atomic E-state index is 0.0439. The van der Waals surface area contributed by atoms with Gasteiger partial charge in [0.2, 0.25) is 10.0 Å². The van der Waals surface area contributed by atoms with Crippen molar-refractivity contribution in [3.05, 3.63) is 59.1 Å². The predicted molar refractivity (Wildman–Crippen MR) is 106 cm³/mol. The van der Waals surface area contributed by atoms with Crippen LogP contribution in [0.1, 0.15) is 31.9 Å². The third kappa shape index (κ3) is 6.24. The van der Waals surface area contributed by atoms with E-state index >= 15 is 0 Å². The van der Waals surface area contributed by atoms with Gasteiger partial charge in [0, 0.05) is 10.7 Å². The molecule has 1 atom stereocenters. The summed E-state index contributed by atoms with van der Waals surface area (Å²) in [5.41, 5.74) is 1.77. The number of hydrogen-bond acceptors (Lipinski definition) is 3. The van der Waals surface area contributed by atoms with Crippen LogP contribution in [0.3, 0.4) is 0 Å². The number of anilines is 2. The summed E-state index contributed by atoms with van der Waals surface area (Å²) in [6.45, 7) is 3.64. The molecule has 1 unspecified atom stereocenters. The average molecular weight is 396 g/mol. The maximum absolute atomic E-state index is 12.2. The smallest absolute Gasteiger partial charge is 0.319 e. The van der Waals surface area contributed by atoms with E-state index in [-0.39, 0.29) is 11.8 Å². The number of nitrogens with one attached hydrogen (secondary N) is 3. The van der Waals surface area contributed by atoms with E-state index in [0.29, 0.717) is 22.8 Å². The summed E-state index contributed by atoms with van der Waals surface area (Å²) in [4.78, 5) is 12.2. The minimum Gasteiger partial charge on any atom is -0.331 e. The number of hydrogen-bond donors (Lipinski definition) is 3. The van der Waals surface area contributed by atoms with Crippen molar-refractivity contribution in [3.8, 4) is 0 Å². The van der Waals surface area contributed by atoms with Gasteiger partial charge in [-0.05, 0) is 49.2 Å². The number of rotatable bonds is 7. The van der Waals surface area contributed by atoms with Crippen LogP contribution in [0, 0.1) is 0 Å². The van der Waals surface area contributed by atoms with E-state index in [9.17, 15) is 13.2 Å². The van der Waals surface area contributed by atoms with Crippen molar-refractivity contribution in [2.45, 2.75) is 26.3 Å². The summed E-state index contributed by atoms with van der Waals surface area (Å²) < 4.78 is 26.2. The zero-order valence-electron chi connectivity index (χ0n) is 14.6. The van der Waals surface area contributed by atoms with E-state index in [1.165, 1.54) is 0 Å². The number of urea groups is 1. The maximum Gasteiger partial charge on any atom is 0.319 e. The fraction of sp³-hybridized carbons (Fsp3) is 0.278. The molecule has 2 aromatic rings.